The Morgan fingerprint density at radius 2 is 1.89 bits per heavy atom. The normalized spacial score (nSPS) is 24.8. The molecule has 1 aliphatic carbocycles. The van der Waals surface area contributed by atoms with Crippen molar-refractivity contribution in [3.8, 4) is 0 Å². The molecule has 1 fully saturated rings. The van der Waals surface area contributed by atoms with Gasteiger partial charge in [0.25, 0.3) is 0 Å². The highest BCUT2D eigenvalue weighted by molar-refractivity contribution is 7.99. The van der Waals surface area contributed by atoms with Crippen LogP contribution in [-0.4, -0.2) is 40.7 Å². The van der Waals surface area contributed by atoms with Crippen LogP contribution in [0.5, 0.6) is 0 Å². The quantitative estimate of drug-likeness (QED) is 0.723. The van der Waals surface area contributed by atoms with Gasteiger partial charge < -0.3 is 15.7 Å². The number of urea groups is 1. The Balaban J connectivity index is 2.51. The minimum atomic E-state index is -0.991. The van der Waals surface area contributed by atoms with Crippen LogP contribution in [0.25, 0.3) is 0 Å². The van der Waals surface area contributed by atoms with Gasteiger partial charge in [-0.25, -0.2) is 9.59 Å². The monoisotopic (exact) mass is 288 g/mol. The highest BCUT2D eigenvalue weighted by Gasteiger charge is 2.28. The van der Waals surface area contributed by atoms with E-state index >= 15 is 0 Å². The van der Waals surface area contributed by atoms with Crippen LogP contribution >= 0.6 is 11.8 Å². The van der Waals surface area contributed by atoms with Crippen LogP contribution in [0.3, 0.4) is 0 Å². The summed E-state index contributed by atoms with van der Waals surface area (Å²) < 4.78 is 0. The van der Waals surface area contributed by atoms with Crippen molar-refractivity contribution in [2.24, 2.45) is 5.92 Å². The molecule has 0 aromatic carbocycles. The minimum absolute atomic E-state index is 0.133. The summed E-state index contributed by atoms with van der Waals surface area (Å²) in [6.45, 7) is 3.56. The molecule has 5 nitrogen and oxygen atoms in total. The zero-order valence-electron chi connectivity index (χ0n) is 11.8. The Morgan fingerprint density at radius 3 is 2.42 bits per heavy atom. The molecule has 2 unspecified atom stereocenters. The molecule has 2 amide bonds. The van der Waals surface area contributed by atoms with Gasteiger partial charge in [0, 0.05) is 11.3 Å². The predicted octanol–water partition coefficient (Wildman–Crippen LogP) is 2.07. The van der Waals surface area contributed by atoms with Gasteiger partial charge in [-0.2, -0.15) is 11.8 Å². The van der Waals surface area contributed by atoms with Gasteiger partial charge in [-0.3, -0.25) is 0 Å². The van der Waals surface area contributed by atoms with Crippen LogP contribution < -0.4 is 10.6 Å². The summed E-state index contributed by atoms with van der Waals surface area (Å²) in [6, 6.07) is -1.06. The van der Waals surface area contributed by atoms with E-state index in [0.29, 0.717) is 5.25 Å². The van der Waals surface area contributed by atoms with Crippen LogP contribution in [0.4, 0.5) is 4.79 Å². The van der Waals surface area contributed by atoms with Crippen LogP contribution in [0.2, 0.25) is 0 Å². The second-order valence-electron chi connectivity index (χ2n) is 5.34. The summed E-state index contributed by atoms with van der Waals surface area (Å²) in [5.41, 5.74) is 0. The first-order valence-electron chi connectivity index (χ1n) is 6.78. The first kappa shape index (κ1) is 16.1. The molecule has 0 spiro atoms. The third-order valence-electron chi connectivity index (χ3n) is 3.54. The van der Waals surface area contributed by atoms with Gasteiger partial charge in [0.15, 0.2) is 0 Å². The van der Waals surface area contributed by atoms with E-state index in [1.54, 1.807) is 25.6 Å². The van der Waals surface area contributed by atoms with Crippen molar-refractivity contribution < 1.29 is 14.7 Å². The largest absolute Gasteiger partial charge is 0.480 e. The van der Waals surface area contributed by atoms with Gasteiger partial charge in [-0.1, -0.05) is 26.7 Å². The average Bonchev–Trinajstić information content (AvgIpc) is 2.36. The number of nitrogens with one attached hydrogen (secondary N) is 2. The third kappa shape index (κ3) is 4.93. The molecule has 0 bridgehead atoms. The lowest BCUT2D eigenvalue weighted by atomic mass is 9.95. The van der Waals surface area contributed by atoms with Crippen molar-refractivity contribution in [1.29, 1.82) is 0 Å². The van der Waals surface area contributed by atoms with E-state index in [9.17, 15) is 9.59 Å². The first-order valence-corrected chi connectivity index (χ1v) is 8.07. The number of aliphatic carboxylic acids is 1. The van der Waals surface area contributed by atoms with Gasteiger partial charge in [0.05, 0.1) is 0 Å². The maximum absolute atomic E-state index is 11.9. The number of carboxylic acid groups (broad SMARTS) is 1. The number of thioether (sulfide) groups is 1. The van der Waals surface area contributed by atoms with Crippen molar-refractivity contribution >= 4 is 23.8 Å². The second-order valence-corrected chi connectivity index (χ2v) is 6.42. The number of carbonyl (C=O) groups excluding carboxylic acids is 1. The Morgan fingerprint density at radius 1 is 1.26 bits per heavy atom. The number of amides is 2. The van der Waals surface area contributed by atoms with E-state index in [1.165, 1.54) is 6.42 Å². The van der Waals surface area contributed by atoms with Gasteiger partial charge in [0.1, 0.15) is 6.04 Å². The third-order valence-corrected chi connectivity index (χ3v) is 4.71. The maximum atomic E-state index is 11.9. The smallest absolute Gasteiger partial charge is 0.326 e. The average molecular weight is 288 g/mol. The molecule has 0 aliphatic heterocycles. The fourth-order valence-corrected chi connectivity index (χ4v) is 3.34. The number of rotatable bonds is 5. The Hall–Kier alpha value is -0.910. The van der Waals surface area contributed by atoms with E-state index in [0.717, 1.165) is 19.3 Å². The van der Waals surface area contributed by atoms with E-state index < -0.39 is 12.0 Å². The molecule has 0 heterocycles. The molecule has 1 rings (SSSR count). The fourth-order valence-electron chi connectivity index (χ4n) is 2.41. The molecule has 0 aromatic heterocycles. The van der Waals surface area contributed by atoms with Gasteiger partial charge in [-0.15, -0.1) is 0 Å². The summed E-state index contributed by atoms with van der Waals surface area (Å²) in [4.78, 5) is 22.9. The standard InChI is InChI=1S/C13H24N2O3S/c1-8(2)11(12(16)17)15-13(18)14-9-6-4-5-7-10(9)19-3/h8-11H,4-7H2,1-3H3,(H,16,17)(H2,14,15,18)/t9?,10?,11-/m0/s1. The zero-order valence-corrected chi connectivity index (χ0v) is 12.6. The highest BCUT2D eigenvalue weighted by Crippen LogP contribution is 2.27. The maximum Gasteiger partial charge on any atom is 0.326 e. The molecule has 0 radical (unpaired) electrons. The highest BCUT2D eigenvalue weighted by atomic mass is 32.2. The van der Waals surface area contributed by atoms with E-state index in [2.05, 4.69) is 16.9 Å². The van der Waals surface area contributed by atoms with Crippen molar-refractivity contribution in [2.75, 3.05) is 6.26 Å². The van der Waals surface area contributed by atoms with E-state index in [4.69, 9.17) is 5.11 Å². The Kier molecular flexibility index (Phi) is 6.48. The van der Waals surface area contributed by atoms with Crippen molar-refractivity contribution in [3.05, 3.63) is 0 Å². The molecule has 3 N–H and O–H groups in total. The summed E-state index contributed by atoms with van der Waals surface area (Å²) in [7, 11) is 0. The van der Waals surface area contributed by atoms with Crippen LogP contribution in [0.1, 0.15) is 39.5 Å². The van der Waals surface area contributed by atoms with E-state index in [1.807, 2.05) is 0 Å². The summed E-state index contributed by atoms with van der Waals surface area (Å²) in [6.07, 6.45) is 6.46. The molecule has 110 valence electrons. The van der Waals surface area contributed by atoms with Gasteiger partial charge >= 0.3 is 12.0 Å². The van der Waals surface area contributed by atoms with Gasteiger partial charge in [0.2, 0.25) is 0 Å². The molecule has 1 saturated carbocycles. The number of carbonyl (C=O) groups is 2. The fraction of sp³-hybridized carbons (Fsp3) is 0.846. The molecule has 0 saturated heterocycles. The van der Waals surface area contributed by atoms with Crippen molar-refractivity contribution in [1.82, 2.24) is 10.6 Å². The molecular formula is C13H24N2O3S. The van der Waals surface area contributed by atoms with Gasteiger partial charge in [-0.05, 0) is 25.0 Å². The van der Waals surface area contributed by atoms with Crippen molar-refractivity contribution in [2.45, 2.75) is 56.9 Å². The Bertz CT molecular complexity index is 323. The molecule has 3 atom stereocenters. The number of carboxylic acids is 1. The van der Waals surface area contributed by atoms with Crippen LogP contribution in [0.15, 0.2) is 0 Å². The zero-order chi connectivity index (χ0) is 14.4. The molecule has 0 aromatic rings. The lowest BCUT2D eigenvalue weighted by Crippen LogP contribution is -2.53. The molecular weight excluding hydrogens is 264 g/mol. The predicted molar refractivity (Wildman–Crippen MR) is 77.5 cm³/mol. The second kappa shape index (κ2) is 7.62. The summed E-state index contributed by atoms with van der Waals surface area (Å²) in [5.74, 6) is -1.12. The molecule has 19 heavy (non-hydrogen) atoms. The molecule has 6 heteroatoms. The topological polar surface area (TPSA) is 78.4 Å². The first-order chi connectivity index (χ1) is 8.95. The molecule has 1 aliphatic rings. The number of hydrogen-bond donors (Lipinski definition) is 3. The van der Waals surface area contributed by atoms with E-state index in [-0.39, 0.29) is 18.0 Å². The lowest BCUT2D eigenvalue weighted by molar-refractivity contribution is -0.140. The lowest BCUT2D eigenvalue weighted by Gasteiger charge is -2.31. The minimum Gasteiger partial charge on any atom is -0.480 e. The summed E-state index contributed by atoms with van der Waals surface area (Å²) in [5, 5.41) is 15.0. The number of hydrogen-bond acceptors (Lipinski definition) is 3. The van der Waals surface area contributed by atoms with Crippen LogP contribution in [-0.2, 0) is 4.79 Å². The van der Waals surface area contributed by atoms with Crippen molar-refractivity contribution in [3.63, 3.8) is 0 Å². The Labute approximate surface area is 118 Å². The van der Waals surface area contributed by atoms with Crippen LogP contribution in [0, 0.1) is 5.92 Å². The summed E-state index contributed by atoms with van der Waals surface area (Å²) >= 11 is 1.77. The SMILES string of the molecule is CSC1CCCCC1NC(=O)N[C@H](C(=O)O)C(C)C.